The molecule has 0 aromatic heterocycles. The predicted molar refractivity (Wildman–Crippen MR) is 35.2 cm³/mol. The molecule has 40 valence electrons. The molecule has 0 aliphatic carbocycles. The van der Waals surface area contributed by atoms with Crippen molar-refractivity contribution in [2.75, 3.05) is 0 Å². The van der Waals surface area contributed by atoms with Crippen LogP contribution in [0.15, 0.2) is 5.16 Å². The second-order valence-corrected chi connectivity index (χ2v) is 1.88. The minimum Gasteiger partial charge on any atom is -0.409 e. The Bertz CT molecular complexity index is 110. The standard InChI is InChI=1S/C2H4IN3O/c3-1(4)2(5)6-7/h4,7H,(H2,5,6). The molecule has 0 spiro atoms. The Morgan fingerprint density at radius 2 is 2.29 bits per heavy atom. The average molecular weight is 213 g/mol. The maximum atomic E-state index is 7.82. The van der Waals surface area contributed by atoms with Crippen molar-refractivity contribution in [2.45, 2.75) is 0 Å². The summed E-state index contributed by atoms with van der Waals surface area (Å²) >= 11 is 1.64. The molecule has 0 rings (SSSR count). The molecular formula is C2H4IN3O. The van der Waals surface area contributed by atoms with Crippen molar-refractivity contribution >= 4 is 32.1 Å². The van der Waals surface area contributed by atoms with Crippen LogP contribution in [0.1, 0.15) is 0 Å². The van der Waals surface area contributed by atoms with Gasteiger partial charge in [-0.2, -0.15) is 0 Å². The zero-order chi connectivity index (χ0) is 5.86. The molecule has 0 bridgehead atoms. The second-order valence-electron chi connectivity index (χ2n) is 0.799. The summed E-state index contributed by atoms with van der Waals surface area (Å²) in [6, 6.07) is 0. The molecule has 0 unspecified atom stereocenters. The van der Waals surface area contributed by atoms with Crippen molar-refractivity contribution in [1.82, 2.24) is 0 Å². The SMILES string of the molecule is N=C(I)/C(N)=N/O. The lowest BCUT2D eigenvalue weighted by atomic mass is 10.7. The van der Waals surface area contributed by atoms with Gasteiger partial charge in [-0.1, -0.05) is 5.16 Å². The maximum Gasteiger partial charge on any atom is 0.194 e. The van der Waals surface area contributed by atoms with Crippen LogP contribution in [0.5, 0.6) is 0 Å². The topological polar surface area (TPSA) is 82.5 Å². The first kappa shape index (κ1) is 6.67. The van der Waals surface area contributed by atoms with Crippen LogP contribution in [0.4, 0.5) is 0 Å². The summed E-state index contributed by atoms with van der Waals surface area (Å²) in [6.45, 7) is 0. The van der Waals surface area contributed by atoms with E-state index in [1.807, 2.05) is 0 Å². The van der Waals surface area contributed by atoms with E-state index in [1.165, 1.54) is 0 Å². The Balaban J connectivity index is 3.82. The number of halogens is 1. The molecule has 0 fully saturated rings. The molecular weight excluding hydrogens is 209 g/mol. The summed E-state index contributed by atoms with van der Waals surface area (Å²) in [5.74, 6) is -0.152. The van der Waals surface area contributed by atoms with Crippen molar-refractivity contribution in [1.29, 1.82) is 5.41 Å². The van der Waals surface area contributed by atoms with Crippen LogP contribution in [0.25, 0.3) is 0 Å². The zero-order valence-corrected chi connectivity index (χ0v) is 5.51. The highest BCUT2D eigenvalue weighted by Crippen LogP contribution is 1.83. The average Bonchev–Trinajstić information content (AvgIpc) is 1.65. The first-order chi connectivity index (χ1) is 3.18. The van der Waals surface area contributed by atoms with Crippen LogP contribution < -0.4 is 5.73 Å². The first-order valence-electron chi connectivity index (χ1n) is 1.40. The molecule has 5 heteroatoms. The van der Waals surface area contributed by atoms with Crippen LogP contribution in [0, 0.1) is 5.41 Å². The van der Waals surface area contributed by atoms with Crippen LogP contribution in [0.2, 0.25) is 0 Å². The Labute approximate surface area is 54.0 Å². The van der Waals surface area contributed by atoms with E-state index in [1.54, 1.807) is 22.6 Å². The van der Waals surface area contributed by atoms with Crippen molar-refractivity contribution in [3.8, 4) is 0 Å². The number of rotatable bonds is 1. The van der Waals surface area contributed by atoms with Crippen molar-refractivity contribution < 1.29 is 5.21 Å². The molecule has 0 heterocycles. The normalized spacial score (nSPS) is 11.3. The highest BCUT2D eigenvalue weighted by Gasteiger charge is 1.92. The largest absolute Gasteiger partial charge is 0.409 e. The number of oxime groups is 1. The lowest BCUT2D eigenvalue weighted by Gasteiger charge is -1.85. The van der Waals surface area contributed by atoms with Crippen molar-refractivity contribution in [3.63, 3.8) is 0 Å². The zero-order valence-electron chi connectivity index (χ0n) is 3.35. The highest BCUT2D eigenvalue weighted by molar-refractivity contribution is 14.1. The van der Waals surface area contributed by atoms with Crippen LogP contribution in [-0.2, 0) is 0 Å². The lowest BCUT2D eigenvalue weighted by molar-refractivity contribution is 0.319. The molecule has 0 aliphatic rings. The molecule has 0 atom stereocenters. The fourth-order valence-corrected chi connectivity index (χ4v) is 0.152. The Morgan fingerprint density at radius 3 is 2.29 bits per heavy atom. The van der Waals surface area contributed by atoms with Gasteiger partial charge in [-0.25, -0.2) is 0 Å². The number of nitrogens with one attached hydrogen (secondary N) is 1. The predicted octanol–water partition coefficient (Wildman–Crippen LogP) is 0.145. The number of nitrogens with two attached hydrogens (primary N) is 1. The Morgan fingerprint density at radius 1 is 1.86 bits per heavy atom. The van der Waals surface area contributed by atoms with Gasteiger partial charge in [-0.05, 0) is 22.6 Å². The quantitative estimate of drug-likeness (QED) is 0.190. The van der Waals surface area contributed by atoms with E-state index in [-0.39, 0.29) is 9.55 Å². The van der Waals surface area contributed by atoms with Crippen LogP contribution in [-0.4, -0.2) is 14.8 Å². The fraction of sp³-hybridized carbons (Fsp3) is 0. The van der Waals surface area contributed by atoms with Gasteiger partial charge < -0.3 is 10.9 Å². The van der Waals surface area contributed by atoms with E-state index in [4.69, 9.17) is 16.4 Å². The minimum atomic E-state index is -0.152. The van der Waals surface area contributed by atoms with Gasteiger partial charge in [-0.3, -0.25) is 5.41 Å². The van der Waals surface area contributed by atoms with Gasteiger partial charge in [0.25, 0.3) is 0 Å². The van der Waals surface area contributed by atoms with Crippen molar-refractivity contribution in [3.05, 3.63) is 0 Å². The van der Waals surface area contributed by atoms with Gasteiger partial charge in [0.05, 0.1) is 0 Å². The summed E-state index contributed by atoms with van der Waals surface area (Å²) in [4.78, 5) is 0. The van der Waals surface area contributed by atoms with Gasteiger partial charge in [0.1, 0.15) is 3.72 Å². The van der Waals surface area contributed by atoms with Crippen LogP contribution >= 0.6 is 22.6 Å². The van der Waals surface area contributed by atoms with Gasteiger partial charge in [0.15, 0.2) is 5.84 Å². The molecule has 4 N–H and O–H groups in total. The molecule has 0 radical (unpaired) electrons. The minimum absolute atomic E-state index is 0.0418. The van der Waals surface area contributed by atoms with Gasteiger partial charge >= 0.3 is 0 Å². The van der Waals surface area contributed by atoms with E-state index in [9.17, 15) is 0 Å². The lowest BCUT2D eigenvalue weighted by Crippen LogP contribution is -2.17. The molecule has 0 aromatic rings. The first-order valence-corrected chi connectivity index (χ1v) is 2.48. The molecule has 0 amide bonds. The fourth-order valence-electron chi connectivity index (χ4n) is 0.0439. The van der Waals surface area contributed by atoms with Gasteiger partial charge in [-0.15, -0.1) is 0 Å². The molecule has 0 aromatic carbocycles. The Kier molecular flexibility index (Phi) is 2.65. The summed E-state index contributed by atoms with van der Waals surface area (Å²) in [5, 5.41) is 17.0. The Hall–Kier alpha value is -0.330. The third-order valence-electron chi connectivity index (χ3n) is 0.333. The molecule has 0 saturated heterocycles. The van der Waals surface area contributed by atoms with Gasteiger partial charge in [0.2, 0.25) is 0 Å². The number of hydrogen-bond donors (Lipinski definition) is 3. The number of nitrogens with zero attached hydrogens (tertiary/aromatic N) is 1. The highest BCUT2D eigenvalue weighted by atomic mass is 127. The van der Waals surface area contributed by atoms with Crippen LogP contribution in [0.3, 0.4) is 0 Å². The monoisotopic (exact) mass is 213 g/mol. The third-order valence-corrected chi connectivity index (χ3v) is 0.885. The molecule has 0 aliphatic heterocycles. The number of amidine groups is 1. The summed E-state index contributed by atoms with van der Waals surface area (Å²) in [7, 11) is 0. The van der Waals surface area contributed by atoms with E-state index in [0.717, 1.165) is 0 Å². The third kappa shape index (κ3) is 2.38. The molecule has 7 heavy (non-hydrogen) atoms. The maximum absolute atomic E-state index is 7.82. The van der Waals surface area contributed by atoms with Gasteiger partial charge in [0, 0.05) is 0 Å². The summed E-state index contributed by atoms with van der Waals surface area (Å²) in [6.07, 6.45) is 0. The van der Waals surface area contributed by atoms with Crippen molar-refractivity contribution in [2.24, 2.45) is 10.9 Å². The van der Waals surface area contributed by atoms with E-state index in [2.05, 4.69) is 5.16 Å². The smallest absolute Gasteiger partial charge is 0.194 e. The number of hydrogen-bond acceptors (Lipinski definition) is 3. The summed E-state index contributed by atoms with van der Waals surface area (Å²) in [5.41, 5.74) is 4.88. The van der Waals surface area contributed by atoms with E-state index < -0.39 is 0 Å². The summed E-state index contributed by atoms with van der Waals surface area (Å²) < 4.78 is 0.0418. The second kappa shape index (κ2) is 2.78. The molecule has 4 nitrogen and oxygen atoms in total. The van der Waals surface area contributed by atoms with E-state index >= 15 is 0 Å². The van der Waals surface area contributed by atoms with E-state index in [0.29, 0.717) is 0 Å². The molecule has 0 saturated carbocycles.